The zero-order valence-electron chi connectivity index (χ0n) is 19.9. The van der Waals surface area contributed by atoms with Gasteiger partial charge in [-0.1, -0.05) is 24.3 Å². The zero-order chi connectivity index (χ0) is 26.3. The Morgan fingerprint density at radius 2 is 0.946 bits per heavy atom. The van der Waals surface area contributed by atoms with E-state index in [1.165, 1.54) is 24.3 Å². The van der Waals surface area contributed by atoms with Gasteiger partial charge in [-0.25, -0.2) is 0 Å². The van der Waals surface area contributed by atoms with Crippen molar-refractivity contribution in [3.63, 3.8) is 0 Å². The van der Waals surface area contributed by atoms with Crippen molar-refractivity contribution >= 4 is 11.6 Å². The molecular formula is C30H22O7. The van der Waals surface area contributed by atoms with Crippen LogP contribution < -0.4 is 0 Å². The molecule has 0 saturated carbocycles. The van der Waals surface area contributed by atoms with Gasteiger partial charge in [0.2, 0.25) is 11.6 Å². The fourth-order valence-electron chi connectivity index (χ4n) is 6.07. The smallest absolute Gasteiger partial charge is 0.201 e. The number of phenols is 5. The fourth-order valence-corrected chi connectivity index (χ4v) is 6.07. The molecule has 4 aromatic carbocycles. The number of phenolic OH excluding ortho intramolecular Hbond substituents is 5. The van der Waals surface area contributed by atoms with Crippen LogP contribution in [0.3, 0.4) is 0 Å². The molecular weight excluding hydrogens is 472 g/mol. The summed E-state index contributed by atoms with van der Waals surface area (Å²) in [4.78, 5) is 27.1. The Morgan fingerprint density at radius 3 is 1.49 bits per heavy atom. The first-order valence-electron chi connectivity index (χ1n) is 11.7. The van der Waals surface area contributed by atoms with Crippen molar-refractivity contribution in [2.45, 2.75) is 25.7 Å². The highest BCUT2D eigenvalue weighted by Crippen LogP contribution is 2.56. The minimum Gasteiger partial charge on any atom is -0.508 e. The normalized spacial score (nSPS) is 17.6. The number of aryl methyl sites for hydroxylation is 2. The van der Waals surface area contributed by atoms with E-state index in [0.29, 0.717) is 33.4 Å². The van der Waals surface area contributed by atoms with Crippen molar-refractivity contribution in [2.24, 2.45) is 0 Å². The molecule has 0 bridgehead atoms. The lowest BCUT2D eigenvalue weighted by Gasteiger charge is -2.38. The molecule has 37 heavy (non-hydrogen) atoms. The summed E-state index contributed by atoms with van der Waals surface area (Å²) in [6.07, 6.45) is 0. The first-order valence-corrected chi connectivity index (χ1v) is 11.7. The second kappa shape index (κ2) is 7.61. The summed E-state index contributed by atoms with van der Waals surface area (Å²) in [7, 11) is 0. The lowest BCUT2D eigenvalue weighted by molar-refractivity contribution is 0.101. The van der Waals surface area contributed by atoms with Gasteiger partial charge in [0.15, 0.2) is 0 Å². The van der Waals surface area contributed by atoms with Gasteiger partial charge in [0.1, 0.15) is 28.7 Å². The maximum atomic E-state index is 13.6. The molecule has 0 saturated heterocycles. The lowest BCUT2D eigenvalue weighted by atomic mass is 9.63. The van der Waals surface area contributed by atoms with Crippen LogP contribution in [0, 0.1) is 13.8 Å². The first-order chi connectivity index (χ1) is 17.6. The second-order valence-corrected chi connectivity index (χ2v) is 9.78. The highest BCUT2D eigenvalue weighted by atomic mass is 16.3. The van der Waals surface area contributed by atoms with Crippen LogP contribution >= 0.6 is 0 Å². The molecule has 0 spiro atoms. The molecule has 2 aliphatic rings. The summed E-state index contributed by atoms with van der Waals surface area (Å²) in [6.45, 7) is 3.55. The van der Waals surface area contributed by atoms with E-state index < -0.39 is 29.2 Å². The summed E-state index contributed by atoms with van der Waals surface area (Å²) in [6, 6.07) is 13.6. The van der Waals surface area contributed by atoms with Gasteiger partial charge in [0, 0.05) is 17.9 Å². The molecule has 0 aromatic heterocycles. The van der Waals surface area contributed by atoms with E-state index in [1.807, 2.05) is 0 Å². The topological polar surface area (TPSA) is 135 Å². The van der Waals surface area contributed by atoms with Gasteiger partial charge in [-0.3, -0.25) is 9.59 Å². The maximum Gasteiger partial charge on any atom is 0.201 e. The van der Waals surface area contributed by atoms with Crippen LogP contribution in [0.1, 0.15) is 77.1 Å². The fraction of sp³-hybridized carbons (Fsp3) is 0.133. The van der Waals surface area contributed by atoms with Gasteiger partial charge in [0.25, 0.3) is 0 Å². The number of ketones is 2. The summed E-state index contributed by atoms with van der Waals surface area (Å²) in [5, 5.41) is 53.7. The third kappa shape index (κ3) is 3.07. The predicted molar refractivity (Wildman–Crippen MR) is 134 cm³/mol. The Bertz CT molecular complexity index is 1640. The summed E-state index contributed by atoms with van der Waals surface area (Å²) >= 11 is 0. The number of aromatic hydroxyl groups is 5. The standard InChI is InChI=1S/C30H22O7/c1-12-6-16-23(15-4-3-5-19(32)25(15)29(36)26(16)20(33)8-12)24-17-7-13(2)9-21(34)27(17)30(37)28-18(24)10-14(31)11-22(28)35/h3-11,23-24,31-35H,1-2H3/t23-,24-/m0/s1. The van der Waals surface area contributed by atoms with Gasteiger partial charge in [-0.05, 0) is 71.5 Å². The van der Waals surface area contributed by atoms with Crippen molar-refractivity contribution in [3.05, 3.63) is 110 Å². The molecule has 0 radical (unpaired) electrons. The van der Waals surface area contributed by atoms with Crippen molar-refractivity contribution in [1.82, 2.24) is 0 Å². The molecule has 0 unspecified atom stereocenters. The van der Waals surface area contributed by atoms with E-state index in [4.69, 9.17) is 0 Å². The third-order valence-corrected chi connectivity index (χ3v) is 7.37. The molecule has 5 N–H and O–H groups in total. The average molecular weight is 494 g/mol. The van der Waals surface area contributed by atoms with Crippen molar-refractivity contribution in [2.75, 3.05) is 0 Å². The van der Waals surface area contributed by atoms with Crippen molar-refractivity contribution in [3.8, 4) is 28.7 Å². The molecule has 0 aliphatic heterocycles. The highest BCUT2D eigenvalue weighted by Gasteiger charge is 2.45. The van der Waals surface area contributed by atoms with E-state index in [9.17, 15) is 35.1 Å². The van der Waals surface area contributed by atoms with E-state index in [-0.39, 0.29) is 45.3 Å². The van der Waals surface area contributed by atoms with Crippen LogP contribution in [0.4, 0.5) is 0 Å². The van der Waals surface area contributed by atoms with Crippen molar-refractivity contribution < 1.29 is 35.1 Å². The highest BCUT2D eigenvalue weighted by molar-refractivity contribution is 6.18. The van der Waals surface area contributed by atoms with E-state index in [2.05, 4.69) is 0 Å². The number of carbonyl (C=O) groups is 2. The van der Waals surface area contributed by atoms with E-state index in [1.54, 1.807) is 38.1 Å². The van der Waals surface area contributed by atoms with E-state index in [0.717, 1.165) is 6.07 Å². The van der Waals surface area contributed by atoms with Gasteiger partial charge < -0.3 is 25.5 Å². The van der Waals surface area contributed by atoms with Crippen molar-refractivity contribution in [1.29, 1.82) is 0 Å². The number of carbonyl (C=O) groups excluding carboxylic acids is 2. The minimum atomic E-state index is -0.778. The van der Waals surface area contributed by atoms with Crippen LogP contribution in [0.15, 0.2) is 54.6 Å². The van der Waals surface area contributed by atoms with Crippen LogP contribution in [-0.2, 0) is 0 Å². The molecule has 2 aliphatic carbocycles. The largest absolute Gasteiger partial charge is 0.508 e. The number of rotatable bonds is 1. The summed E-state index contributed by atoms with van der Waals surface area (Å²) < 4.78 is 0. The minimum absolute atomic E-state index is 0.0149. The van der Waals surface area contributed by atoms with Gasteiger partial charge >= 0.3 is 0 Å². The Labute approximate surface area is 211 Å². The number of benzene rings is 4. The number of fused-ring (bicyclic) bond motifs is 4. The average Bonchev–Trinajstić information content (AvgIpc) is 2.79. The zero-order valence-corrected chi connectivity index (χ0v) is 19.9. The Balaban J connectivity index is 1.79. The molecule has 2 atom stereocenters. The molecule has 0 heterocycles. The second-order valence-electron chi connectivity index (χ2n) is 9.78. The summed E-state index contributed by atoms with van der Waals surface area (Å²) in [5.74, 6) is -4.07. The lowest BCUT2D eigenvalue weighted by Crippen LogP contribution is -2.29. The van der Waals surface area contributed by atoms with Gasteiger partial charge in [-0.2, -0.15) is 0 Å². The number of hydrogen-bond acceptors (Lipinski definition) is 7. The predicted octanol–water partition coefficient (Wildman–Crippen LogP) is 4.88. The Hall–Kier alpha value is -4.78. The van der Waals surface area contributed by atoms with E-state index >= 15 is 0 Å². The van der Waals surface area contributed by atoms with Gasteiger partial charge in [-0.15, -0.1) is 0 Å². The molecule has 4 aromatic rings. The molecule has 6 rings (SSSR count). The van der Waals surface area contributed by atoms with Gasteiger partial charge in [0.05, 0.1) is 22.3 Å². The third-order valence-electron chi connectivity index (χ3n) is 7.37. The quantitative estimate of drug-likeness (QED) is 0.254. The molecule has 184 valence electrons. The molecule has 0 fully saturated rings. The van der Waals surface area contributed by atoms with Crippen LogP contribution in [-0.4, -0.2) is 37.1 Å². The molecule has 0 amide bonds. The number of hydrogen-bond donors (Lipinski definition) is 5. The molecule has 7 nitrogen and oxygen atoms in total. The summed E-state index contributed by atoms with van der Waals surface area (Å²) in [5.41, 5.74) is 3.07. The Kier molecular flexibility index (Phi) is 4.66. The first kappa shape index (κ1) is 22.7. The Morgan fingerprint density at radius 1 is 0.514 bits per heavy atom. The van der Waals surface area contributed by atoms with Crippen LogP contribution in [0.25, 0.3) is 0 Å². The molecule has 7 heteroatoms. The SMILES string of the molecule is Cc1cc(O)c2c(c1)[C@@H]([C@H]1c3cc(C)cc(O)c3C(=O)c3c(O)cc(O)cc31)c1cccc(O)c1C2=O. The maximum absolute atomic E-state index is 13.6. The van der Waals surface area contributed by atoms with Crippen LogP contribution in [0.5, 0.6) is 28.7 Å². The monoisotopic (exact) mass is 494 g/mol. The van der Waals surface area contributed by atoms with Crippen LogP contribution in [0.2, 0.25) is 0 Å².